The molecule has 130 valence electrons. The molecule has 0 aliphatic carbocycles. The van der Waals surface area contributed by atoms with Gasteiger partial charge in [-0.1, -0.05) is 35.9 Å². The molecule has 0 aromatic heterocycles. The molecular formula is C21H23ClNOS+. The summed E-state index contributed by atoms with van der Waals surface area (Å²) < 4.78 is 6.86. The van der Waals surface area contributed by atoms with E-state index >= 15 is 0 Å². The van der Waals surface area contributed by atoms with Gasteiger partial charge in [0.05, 0.1) is 13.1 Å². The van der Waals surface area contributed by atoms with E-state index in [1.54, 1.807) is 4.90 Å². The molecule has 1 N–H and O–H groups in total. The van der Waals surface area contributed by atoms with Gasteiger partial charge in [-0.05, 0) is 29.3 Å². The van der Waals surface area contributed by atoms with Gasteiger partial charge in [-0.25, -0.2) is 0 Å². The third-order valence-corrected chi connectivity index (χ3v) is 7.41. The molecule has 0 spiro atoms. The first kappa shape index (κ1) is 16.2. The second-order valence-electron chi connectivity index (χ2n) is 7.52. The number of quaternary nitrogens is 1. The van der Waals surface area contributed by atoms with Gasteiger partial charge in [-0.2, -0.15) is 0 Å². The van der Waals surface area contributed by atoms with Crippen molar-refractivity contribution in [2.24, 2.45) is 5.92 Å². The van der Waals surface area contributed by atoms with Crippen LogP contribution >= 0.6 is 23.4 Å². The van der Waals surface area contributed by atoms with Gasteiger partial charge in [0.25, 0.3) is 0 Å². The molecule has 2 nitrogen and oxygen atoms in total. The molecule has 0 unspecified atom stereocenters. The summed E-state index contributed by atoms with van der Waals surface area (Å²) in [6.45, 7) is 3.81. The van der Waals surface area contributed by atoms with Crippen LogP contribution in [0.5, 0.6) is 0 Å². The summed E-state index contributed by atoms with van der Waals surface area (Å²) in [6, 6.07) is 15.0. The number of rotatable bonds is 2. The molecule has 4 heteroatoms. The van der Waals surface area contributed by atoms with Crippen LogP contribution in [0.1, 0.15) is 35.6 Å². The molecule has 25 heavy (non-hydrogen) atoms. The molecule has 3 saturated heterocycles. The van der Waals surface area contributed by atoms with Gasteiger partial charge in [0.2, 0.25) is 0 Å². The number of piperidine rings is 3. The van der Waals surface area contributed by atoms with E-state index < -0.39 is 0 Å². The van der Waals surface area contributed by atoms with Gasteiger partial charge < -0.3 is 9.64 Å². The molecule has 0 radical (unpaired) electrons. The quantitative estimate of drug-likeness (QED) is 0.863. The van der Waals surface area contributed by atoms with Gasteiger partial charge >= 0.3 is 0 Å². The Kier molecular flexibility index (Phi) is 4.29. The average Bonchev–Trinajstić information content (AvgIpc) is 2.80. The third-order valence-electron chi connectivity index (χ3n) is 6.04. The molecule has 0 amide bonds. The van der Waals surface area contributed by atoms with E-state index in [-0.39, 0.29) is 6.10 Å². The van der Waals surface area contributed by atoms with Crippen LogP contribution in [0.2, 0.25) is 5.02 Å². The second kappa shape index (κ2) is 6.62. The molecule has 4 heterocycles. The minimum absolute atomic E-state index is 0.00449. The Morgan fingerprint density at radius 3 is 2.68 bits per heavy atom. The van der Waals surface area contributed by atoms with Gasteiger partial charge in [0, 0.05) is 40.0 Å². The monoisotopic (exact) mass is 372 g/mol. The molecule has 2 bridgehead atoms. The zero-order valence-corrected chi connectivity index (χ0v) is 15.8. The van der Waals surface area contributed by atoms with Gasteiger partial charge in [0.1, 0.15) is 18.8 Å². The standard InChI is InChI=1S/C21H22ClNOS/c22-16-5-6-20-18(11-16)21(17-4-2-1-3-15(17)13-25-20)24-19-12-23-9-7-14(19)8-10-23/h1-6,11,14,19,21H,7-10,12-13H2/p+1/t19-,21-/m1/s1. The first-order valence-corrected chi connectivity index (χ1v) is 10.6. The number of benzene rings is 2. The lowest BCUT2D eigenvalue weighted by Gasteiger charge is -2.43. The maximum atomic E-state index is 6.86. The van der Waals surface area contributed by atoms with Crippen molar-refractivity contribution in [2.45, 2.75) is 35.7 Å². The van der Waals surface area contributed by atoms with Crippen molar-refractivity contribution in [3.63, 3.8) is 0 Å². The fourth-order valence-electron chi connectivity index (χ4n) is 4.66. The Hall–Kier alpha value is -1.00. The molecular weight excluding hydrogens is 350 g/mol. The number of thioether (sulfide) groups is 1. The predicted octanol–water partition coefficient (Wildman–Crippen LogP) is 3.73. The number of hydrogen-bond acceptors (Lipinski definition) is 2. The lowest BCUT2D eigenvalue weighted by molar-refractivity contribution is -0.920. The maximum Gasteiger partial charge on any atom is 0.111 e. The van der Waals surface area contributed by atoms with E-state index in [9.17, 15) is 0 Å². The topological polar surface area (TPSA) is 13.7 Å². The largest absolute Gasteiger partial charge is 0.359 e. The highest BCUT2D eigenvalue weighted by atomic mass is 35.5. The highest BCUT2D eigenvalue weighted by Crippen LogP contribution is 2.43. The Bertz CT molecular complexity index is 787. The van der Waals surface area contributed by atoms with Crippen molar-refractivity contribution in [1.82, 2.24) is 0 Å². The summed E-state index contributed by atoms with van der Waals surface area (Å²) >= 11 is 8.26. The summed E-state index contributed by atoms with van der Waals surface area (Å²) in [5.74, 6) is 1.72. The number of nitrogens with one attached hydrogen (secondary N) is 1. The van der Waals surface area contributed by atoms with Crippen LogP contribution in [-0.4, -0.2) is 25.7 Å². The summed E-state index contributed by atoms with van der Waals surface area (Å²) in [7, 11) is 0. The Morgan fingerprint density at radius 2 is 1.88 bits per heavy atom. The highest BCUT2D eigenvalue weighted by molar-refractivity contribution is 7.98. The molecule has 2 aromatic rings. The highest BCUT2D eigenvalue weighted by Gasteiger charge is 2.40. The first-order chi connectivity index (χ1) is 12.3. The van der Waals surface area contributed by atoms with Crippen molar-refractivity contribution in [2.75, 3.05) is 19.6 Å². The van der Waals surface area contributed by atoms with E-state index in [1.165, 1.54) is 47.5 Å². The van der Waals surface area contributed by atoms with Crippen LogP contribution in [0, 0.1) is 5.92 Å². The zero-order chi connectivity index (χ0) is 16.8. The smallest absolute Gasteiger partial charge is 0.111 e. The van der Waals surface area contributed by atoms with E-state index in [0.717, 1.165) is 23.2 Å². The molecule has 2 atom stereocenters. The summed E-state index contributed by atoms with van der Waals surface area (Å²) in [6.07, 6.45) is 2.99. The van der Waals surface area contributed by atoms with E-state index in [1.807, 2.05) is 17.8 Å². The Balaban J connectivity index is 1.56. The van der Waals surface area contributed by atoms with E-state index in [0.29, 0.717) is 6.10 Å². The predicted molar refractivity (Wildman–Crippen MR) is 102 cm³/mol. The minimum Gasteiger partial charge on any atom is -0.359 e. The van der Waals surface area contributed by atoms with Crippen molar-refractivity contribution in [3.05, 3.63) is 64.2 Å². The lowest BCUT2D eigenvalue weighted by Crippen LogP contribution is -3.16. The number of fused-ring (bicyclic) bond motifs is 5. The SMILES string of the molecule is Clc1ccc2c(c1)[C@H](O[C@@H]1C[NH+]3CCC1CC3)c1ccccc1CS2. The van der Waals surface area contributed by atoms with Crippen LogP contribution in [-0.2, 0) is 10.5 Å². The summed E-state index contributed by atoms with van der Waals surface area (Å²) in [4.78, 5) is 3.02. The van der Waals surface area contributed by atoms with Gasteiger partial charge in [-0.15, -0.1) is 11.8 Å². The van der Waals surface area contributed by atoms with E-state index in [4.69, 9.17) is 16.3 Å². The molecule has 4 aliphatic rings. The Morgan fingerprint density at radius 1 is 1.04 bits per heavy atom. The first-order valence-electron chi connectivity index (χ1n) is 9.27. The van der Waals surface area contributed by atoms with Crippen LogP contribution in [0.3, 0.4) is 0 Å². The minimum atomic E-state index is 0.00449. The third kappa shape index (κ3) is 3.02. The van der Waals surface area contributed by atoms with Gasteiger partial charge in [0.15, 0.2) is 0 Å². The van der Waals surface area contributed by atoms with Crippen molar-refractivity contribution < 1.29 is 9.64 Å². The lowest BCUT2D eigenvalue weighted by atomic mass is 9.85. The fourth-order valence-corrected chi connectivity index (χ4v) is 5.91. The van der Waals surface area contributed by atoms with Crippen LogP contribution in [0.25, 0.3) is 0 Å². The molecule has 6 rings (SSSR count). The maximum absolute atomic E-state index is 6.86. The van der Waals surface area contributed by atoms with E-state index in [2.05, 4.69) is 36.4 Å². The second-order valence-corrected chi connectivity index (χ2v) is 8.97. The zero-order valence-electron chi connectivity index (χ0n) is 14.2. The van der Waals surface area contributed by atoms with Crippen molar-refractivity contribution in [3.8, 4) is 0 Å². The summed E-state index contributed by atoms with van der Waals surface area (Å²) in [5.41, 5.74) is 3.95. The van der Waals surface area contributed by atoms with Crippen LogP contribution in [0.15, 0.2) is 47.4 Å². The Labute approximate surface area is 158 Å². The average molecular weight is 373 g/mol. The molecule has 4 aliphatic heterocycles. The number of halogens is 1. The summed E-state index contributed by atoms with van der Waals surface area (Å²) in [5, 5.41) is 0.798. The van der Waals surface area contributed by atoms with Crippen LogP contribution < -0.4 is 4.90 Å². The molecule has 0 saturated carbocycles. The van der Waals surface area contributed by atoms with Gasteiger partial charge in [-0.3, -0.25) is 0 Å². The van der Waals surface area contributed by atoms with Crippen LogP contribution in [0.4, 0.5) is 0 Å². The molecule has 2 aromatic carbocycles. The number of ether oxygens (including phenoxy) is 1. The number of hydrogen-bond donors (Lipinski definition) is 1. The molecule has 3 fully saturated rings. The normalized spacial score (nSPS) is 30.4. The van der Waals surface area contributed by atoms with Crippen molar-refractivity contribution in [1.29, 1.82) is 0 Å². The fraction of sp³-hybridized carbons (Fsp3) is 0.429. The van der Waals surface area contributed by atoms with Crippen molar-refractivity contribution >= 4 is 23.4 Å².